The summed E-state index contributed by atoms with van der Waals surface area (Å²) < 4.78 is 26.7. The standard InChI is InChI=1S/C15H13N3O4S/c16-10-9-12-5-7-14(8-6-12)17-23(21,22)11-13-3-1-2-4-15(13)18(19)20/h1-8,17H,9,11H2. The Hall–Kier alpha value is -2.92. The average Bonchev–Trinajstić information content (AvgIpc) is 2.49. The van der Waals surface area contributed by atoms with Gasteiger partial charge in [0, 0.05) is 17.3 Å². The lowest BCUT2D eigenvalue weighted by Crippen LogP contribution is -2.15. The molecule has 0 radical (unpaired) electrons. The Balaban J connectivity index is 2.17. The molecule has 8 heteroatoms. The minimum absolute atomic E-state index is 0.117. The molecule has 0 aromatic heterocycles. The summed E-state index contributed by atoms with van der Waals surface area (Å²) >= 11 is 0. The van der Waals surface area contributed by atoms with Crippen LogP contribution in [0.2, 0.25) is 0 Å². The maximum absolute atomic E-state index is 12.2. The molecule has 0 aliphatic carbocycles. The van der Waals surface area contributed by atoms with Crippen molar-refractivity contribution in [2.75, 3.05) is 4.72 Å². The lowest BCUT2D eigenvalue weighted by atomic mass is 10.1. The van der Waals surface area contributed by atoms with E-state index in [-0.39, 0.29) is 17.7 Å². The SMILES string of the molecule is N#CCc1ccc(NS(=O)(=O)Cc2ccccc2[N+](=O)[O-])cc1. The van der Waals surface area contributed by atoms with E-state index < -0.39 is 20.7 Å². The number of para-hydroxylation sites is 1. The fourth-order valence-corrected chi connectivity index (χ4v) is 3.23. The van der Waals surface area contributed by atoms with Gasteiger partial charge in [-0.05, 0) is 17.7 Å². The predicted molar refractivity (Wildman–Crippen MR) is 85.1 cm³/mol. The highest BCUT2D eigenvalue weighted by Gasteiger charge is 2.19. The van der Waals surface area contributed by atoms with Crippen LogP contribution < -0.4 is 4.72 Å². The first-order valence-corrected chi connectivity index (χ1v) is 8.25. The van der Waals surface area contributed by atoms with Gasteiger partial charge < -0.3 is 0 Å². The number of nitriles is 1. The van der Waals surface area contributed by atoms with E-state index in [0.29, 0.717) is 5.69 Å². The molecule has 23 heavy (non-hydrogen) atoms. The summed E-state index contributed by atoms with van der Waals surface area (Å²) in [6.45, 7) is 0. The van der Waals surface area contributed by atoms with Crippen LogP contribution in [0.25, 0.3) is 0 Å². The van der Waals surface area contributed by atoms with Gasteiger partial charge in [0.05, 0.1) is 17.4 Å². The third kappa shape index (κ3) is 4.52. The second kappa shape index (κ2) is 6.89. The second-order valence-corrected chi connectivity index (χ2v) is 6.50. The average molecular weight is 331 g/mol. The fraction of sp³-hybridized carbons (Fsp3) is 0.133. The van der Waals surface area contributed by atoms with E-state index >= 15 is 0 Å². The van der Waals surface area contributed by atoms with Crippen LogP contribution in [-0.4, -0.2) is 13.3 Å². The van der Waals surface area contributed by atoms with Crippen LogP contribution >= 0.6 is 0 Å². The van der Waals surface area contributed by atoms with Gasteiger partial charge in [-0.2, -0.15) is 5.26 Å². The summed E-state index contributed by atoms with van der Waals surface area (Å²) in [7, 11) is -3.79. The summed E-state index contributed by atoms with van der Waals surface area (Å²) in [6, 6.07) is 14.1. The van der Waals surface area contributed by atoms with Crippen LogP contribution in [0.4, 0.5) is 11.4 Å². The molecular weight excluding hydrogens is 318 g/mol. The van der Waals surface area contributed by atoms with Crippen LogP contribution in [0.5, 0.6) is 0 Å². The minimum Gasteiger partial charge on any atom is -0.283 e. The van der Waals surface area contributed by atoms with E-state index in [4.69, 9.17) is 5.26 Å². The number of nitro benzene ring substituents is 1. The normalized spacial score (nSPS) is 10.7. The van der Waals surface area contributed by atoms with Gasteiger partial charge >= 0.3 is 0 Å². The van der Waals surface area contributed by atoms with Crippen molar-refractivity contribution >= 4 is 21.4 Å². The molecule has 0 fully saturated rings. The van der Waals surface area contributed by atoms with Gasteiger partial charge in [0.15, 0.2) is 0 Å². The van der Waals surface area contributed by atoms with Crippen molar-refractivity contribution in [2.45, 2.75) is 12.2 Å². The molecule has 0 amide bonds. The Morgan fingerprint density at radius 3 is 2.39 bits per heavy atom. The number of sulfonamides is 1. The molecule has 0 aliphatic heterocycles. The third-order valence-electron chi connectivity index (χ3n) is 3.04. The summed E-state index contributed by atoms with van der Waals surface area (Å²) in [5.41, 5.74) is 0.993. The molecule has 7 nitrogen and oxygen atoms in total. The number of benzene rings is 2. The predicted octanol–water partition coefficient (Wildman–Crippen LogP) is 2.60. The molecule has 2 aromatic rings. The molecule has 0 unspecified atom stereocenters. The summed E-state index contributed by atoms with van der Waals surface area (Å²) in [5.74, 6) is -0.496. The van der Waals surface area contributed by atoms with Crippen LogP contribution in [0.1, 0.15) is 11.1 Å². The van der Waals surface area contributed by atoms with Gasteiger partial charge in [0.25, 0.3) is 5.69 Å². The van der Waals surface area contributed by atoms with E-state index in [0.717, 1.165) is 5.56 Å². The van der Waals surface area contributed by atoms with Gasteiger partial charge in [0.2, 0.25) is 10.0 Å². The van der Waals surface area contributed by atoms with E-state index in [1.807, 2.05) is 6.07 Å². The first-order chi connectivity index (χ1) is 10.9. The number of nitrogens with zero attached hydrogens (tertiary/aromatic N) is 2. The largest absolute Gasteiger partial charge is 0.283 e. The highest BCUT2D eigenvalue weighted by Crippen LogP contribution is 2.21. The van der Waals surface area contributed by atoms with Crippen molar-refractivity contribution in [1.29, 1.82) is 5.26 Å². The first kappa shape index (κ1) is 16.5. The Bertz CT molecular complexity index is 855. The van der Waals surface area contributed by atoms with Crippen molar-refractivity contribution in [3.63, 3.8) is 0 Å². The lowest BCUT2D eigenvalue weighted by molar-refractivity contribution is -0.385. The van der Waals surface area contributed by atoms with Crippen LogP contribution in [0.3, 0.4) is 0 Å². The third-order valence-corrected chi connectivity index (χ3v) is 4.28. The van der Waals surface area contributed by atoms with Gasteiger partial charge in [-0.3, -0.25) is 14.8 Å². The molecule has 1 N–H and O–H groups in total. The zero-order valence-corrected chi connectivity index (χ0v) is 12.8. The van der Waals surface area contributed by atoms with Crippen molar-refractivity contribution < 1.29 is 13.3 Å². The number of anilines is 1. The number of nitro groups is 1. The maximum Gasteiger partial charge on any atom is 0.273 e. The molecule has 2 rings (SSSR count). The number of nitrogens with one attached hydrogen (secondary N) is 1. The smallest absolute Gasteiger partial charge is 0.273 e. The highest BCUT2D eigenvalue weighted by atomic mass is 32.2. The molecule has 0 atom stereocenters. The maximum atomic E-state index is 12.2. The first-order valence-electron chi connectivity index (χ1n) is 6.60. The molecule has 2 aromatic carbocycles. The van der Waals surface area contributed by atoms with E-state index in [1.165, 1.54) is 18.2 Å². The highest BCUT2D eigenvalue weighted by molar-refractivity contribution is 7.91. The lowest BCUT2D eigenvalue weighted by Gasteiger charge is -2.09. The number of hydrogen-bond acceptors (Lipinski definition) is 5. The minimum atomic E-state index is -3.79. The van der Waals surface area contributed by atoms with Crippen molar-refractivity contribution in [3.8, 4) is 6.07 Å². The fourth-order valence-electron chi connectivity index (χ4n) is 2.01. The molecule has 0 saturated carbocycles. The van der Waals surface area contributed by atoms with Crippen molar-refractivity contribution in [1.82, 2.24) is 0 Å². The molecule has 0 bridgehead atoms. The Morgan fingerprint density at radius 2 is 1.78 bits per heavy atom. The summed E-state index contributed by atoms with van der Waals surface area (Å²) in [4.78, 5) is 10.3. The Morgan fingerprint density at radius 1 is 1.13 bits per heavy atom. The molecular formula is C15H13N3O4S. The molecule has 0 heterocycles. The summed E-state index contributed by atoms with van der Waals surface area (Å²) in [5, 5.41) is 19.5. The molecule has 0 spiro atoms. The second-order valence-electron chi connectivity index (χ2n) is 4.78. The van der Waals surface area contributed by atoms with E-state index in [2.05, 4.69) is 4.72 Å². The zero-order valence-electron chi connectivity index (χ0n) is 12.0. The van der Waals surface area contributed by atoms with Crippen LogP contribution in [-0.2, 0) is 22.2 Å². The van der Waals surface area contributed by atoms with Crippen LogP contribution in [0.15, 0.2) is 48.5 Å². The van der Waals surface area contributed by atoms with Crippen molar-refractivity contribution in [2.24, 2.45) is 0 Å². The van der Waals surface area contributed by atoms with Gasteiger partial charge in [-0.15, -0.1) is 0 Å². The van der Waals surface area contributed by atoms with E-state index in [1.54, 1.807) is 30.3 Å². The summed E-state index contributed by atoms with van der Waals surface area (Å²) in [6.07, 6.45) is 0.239. The Kier molecular flexibility index (Phi) is 4.93. The van der Waals surface area contributed by atoms with Gasteiger partial charge in [0.1, 0.15) is 5.75 Å². The van der Waals surface area contributed by atoms with Crippen LogP contribution in [0, 0.1) is 21.4 Å². The topological polar surface area (TPSA) is 113 Å². The zero-order chi connectivity index (χ0) is 16.9. The van der Waals surface area contributed by atoms with Gasteiger partial charge in [-0.1, -0.05) is 30.3 Å². The number of hydrogen-bond donors (Lipinski definition) is 1. The van der Waals surface area contributed by atoms with Crippen molar-refractivity contribution in [3.05, 3.63) is 69.8 Å². The quantitative estimate of drug-likeness (QED) is 0.645. The molecule has 118 valence electrons. The molecule has 0 aliphatic rings. The molecule has 0 saturated heterocycles. The Labute approximate surface area is 133 Å². The van der Waals surface area contributed by atoms with E-state index in [9.17, 15) is 18.5 Å². The number of rotatable bonds is 6. The monoisotopic (exact) mass is 331 g/mol. The van der Waals surface area contributed by atoms with Gasteiger partial charge in [-0.25, -0.2) is 8.42 Å².